The molecule has 1 aromatic rings. The van der Waals surface area contributed by atoms with Gasteiger partial charge in [0.25, 0.3) is 0 Å². The van der Waals surface area contributed by atoms with E-state index in [0.29, 0.717) is 18.7 Å². The second kappa shape index (κ2) is 7.54. The molecular weight excluding hydrogens is 316 g/mol. The van der Waals surface area contributed by atoms with Crippen molar-refractivity contribution in [2.24, 2.45) is 5.16 Å². The van der Waals surface area contributed by atoms with E-state index in [1.54, 1.807) is 0 Å². The van der Waals surface area contributed by atoms with Crippen LogP contribution in [0.3, 0.4) is 0 Å². The Labute approximate surface area is 138 Å². The molecule has 0 bridgehead atoms. The molecule has 1 fully saturated rings. The van der Waals surface area contributed by atoms with Gasteiger partial charge < -0.3 is 19.6 Å². The van der Waals surface area contributed by atoms with Gasteiger partial charge in [0.1, 0.15) is 5.82 Å². The summed E-state index contributed by atoms with van der Waals surface area (Å²) in [4.78, 5) is 32.1. The minimum absolute atomic E-state index is 0.193. The summed E-state index contributed by atoms with van der Waals surface area (Å²) >= 11 is 0. The first-order valence-corrected chi connectivity index (χ1v) is 7.93. The number of anilines is 1. The Bertz CT molecular complexity index is 681. The molecule has 0 radical (unpaired) electrons. The lowest BCUT2D eigenvalue weighted by molar-refractivity contribution is -0.153. The van der Waals surface area contributed by atoms with Crippen molar-refractivity contribution < 1.29 is 19.1 Å². The van der Waals surface area contributed by atoms with E-state index in [4.69, 9.17) is 14.3 Å². The van der Waals surface area contributed by atoms with E-state index in [2.05, 4.69) is 15.5 Å². The largest absolute Gasteiger partial charge is 0.370 e. The van der Waals surface area contributed by atoms with Crippen molar-refractivity contribution in [1.82, 2.24) is 9.55 Å². The summed E-state index contributed by atoms with van der Waals surface area (Å²) in [7, 11) is 0. The van der Waals surface area contributed by atoms with Gasteiger partial charge in [-0.15, -0.1) is 0 Å². The molecule has 2 atom stereocenters. The molecule has 1 amide bonds. The number of nitrogens with one attached hydrogen (secondary N) is 1. The molecule has 9 nitrogen and oxygen atoms in total. The number of nitrogens with zero attached hydrogens (tertiary/aromatic N) is 3. The van der Waals surface area contributed by atoms with Crippen LogP contribution in [-0.2, 0) is 19.1 Å². The average molecular weight is 336 g/mol. The van der Waals surface area contributed by atoms with Crippen LogP contribution in [0.2, 0.25) is 0 Å². The smallest absolute Gasteiger partial charge is 0.352 e. The third kappa shape index (κ3) is 4.18. The fraction of sp³-hybridized carbons (Fsp3) is 0.600. The summed E-state index contributed by atoms with van der Waals surface area (Å²) < 4.78 is 12.5. The van der Waals surface area contributed by atoms with E-state index < -0.39 is 11.9 Å². The SMILES string of the molecule is CC(=O)Nc1ccn(C2CC(COC3CCCCO3)=NO2)c(=O)n1. The highest BCUT2D eigenvalue weighted by molar-refractivity contribution is 5.87. The maximum atomic E-state index is 12.0. The van der Waals surface area contributed by atoms with E-state index in [-0.39, 0.29) is 18.0 Å². The van der Waals surface area contributed by atoms with Crippen LogP contribution < -0.4 is 11.0 Å². The zero-order valence-electron chi connectivity index (χ0n) is 13.4. The Morgan fingerprint density at radius 3 is 3.08 bits per heavy atom. The lowest BCUT2D eigenvalue weighted by Gasteiger charge is -2.22. The summed E-state index contributed by atoms with van der Waals surface area (Å²) in [6, 6.07) is 1.54. The minimum Gasteiger partial charge on any atom is -0.370 e. The number of ether oxygens (including phenoxy) is 2. The molecule has 3 rings (SSSR count). The molecule has 2 aliphatic heterocycles. The lowest BCUT2D eigenvalue weighted by atomic mass is 10.2. The number of hydrogen-bond donors (Lipinski definition) is 1. The van der Waals surface area contributed by atoms with Crippen molar-refractivity contribution in [3.8, 4) is 0 Å². The normalized spacial score (nSPS) is 23.5. The Kier molecular flexibility index (Phi) is 5.21. The van der Waals surface area contributed by atoms with Crippen molar-refractivity contribution in [3.63, 3.8) is 0 Å². The van der Waals surface area contributed by atoms with Crippen LogP contribution in [0.4, 0.5) is 5.82 Å². The van der Waals surface area contributed by atoms with Gasteiger partial charge in [-0.05, 0) is 25.3 Å². The molecule has 0 saturated carbocycles. The van der Waals surface area contributed by atoms with E-state index in [9.17, 15) is 9.59 Å². The highest BCUT2D eigenvalue weighted by Crippen LogP contribution is 2.21. The Morgan fingerprint density at radius 2 is 2.38 bits per heavy atom. The van der Waals surface area contributed by atoms with Gasteiger partial charge in [-0.2, -0.15) is 4.98 Å². The molecule has 1 saturated heterocycles. The highest BCUT2D eigenvalue weighted by Gasteiger charge is 2.25. The van der Waals surface area contributed by atoms with Crippen LogP contribution in [-0.4, -0.2) is 40.7 Å². The van der Waals surface area contributed by atoms with Crippen LogP contribution >= 0.6 is 0 Å². The molecular formula is C15H20N4O5. The number of oxime groups is 1. The Hall–Kier alpha value is -2.26. The monoisotopic (exact) mass is 336 g/mol. The molecule has 1 N–H and O–H groups in total. The standard InChI is InChI=1S/C15H20N4O5/c1-10(20)16-12-5-6-19(15(21)17-12)13-8-11(18-24-13)9-23-14-4-2-3-7-22-14/h5-6,13-14H,2-4,7-9H2,1H3,(H,16,17,20,21). The zero-order chi connectivity index (χ0) is 16.9. The first-order valence-electron chi connectivity index (χ1n) is 7.93. The molecule has 2 unspecified atom stereocenters. The third-order valence-corrected chi connectivity index (χ3v) is 3.73. The Morgan fingerprint density at radius 1 is 1.50 bits per heavy atom. The molecule has 0 aliphatic carbocycles. The van der Waals surface area contributed by atoms with Crippen LogP contribution in [0.15, 0.2) is 22.2 Å². The van der Waals surface area contributed by atoms with E-state index >= 15 is 0 Å². The van der Waals surface area contributed by atoms with Gasteiger partial charge in [0, 0.05) is 19.7 Å². The van der Waals surface area contributed by atoms with E-state index in [0.717, 1.165) is 25.9 Å². The molecule has 9 heteroatoms. The maximum absolute atomic E-state index is 12.0. The topological polar surface area (TPSA) is 104 Å². The third-order valence-electron chi connectivity index (χ3n) is 3.73. The van der Waals surface area contributed by atoms with Gasteiger partial charge in [-0.1, -0.05) is 5.16 Å². The molecule has 3 heterocycles. The van der Waals surface area contributed by atoms with Crippen molar-refractivity contribution >= 4 is 17.4 Å². The van der Waals surface area contributed by atoms with Crippen LogP contribution in [0.5, 0.6) is 0 Å². The second-order valence-corrected chi connectivity index (χ2v) is 5.71. The van der Waals surface area contributed by atoms with Crippen LogP contribution in [0.25, 0.3) is 0 Å². The fourth-order valence-corrected chi connectivity index (χ4v) is 2.56. The molecule has 0 spiro atoms. The molecule has 0 aromatic carbocycles. The van der Waals surface area contributed by atoms with Gasteiger partial charge in [0.05, 0.1) is 18.7 Å². The van der Waals surface area contributed by atoms with Crippen LogP contribution in [0, 0.1) is 0 Å². The number of aromatic nitrogens is 2. The molecule has 130 valence electrons. The molecule has 24 heavy (non-hydrogen) atoms. The summed E-state index contributed by atoms with van der Waals surface area (Å²) in [5, 5.41) is 6.43. The fourth-order valence-electron chi connectivity index (χ4n) is 2.56. The van der Waals surface area contributed by atoms with E-state index in [1.165, 1.54) is 23.8 Å². The first kappa shape index (κ1) is 16.6. The van der Waals surface area contributed by atoms with E-state index in [1.807, 2.05) is 0 Å². The summed E-state index contributed by atoms with van der Waals surface area (Å²) in [6.07, 6.45) is 4.26. The summed E-state index contributed by atoms with van der Waals surface area (Å²) in [5.41, 5.74) is 0.200. The highest BCUT2D eigenvalue weighted by atomic mass is 16.7. The van der Waals surface area contributed by atoms with Gasteiger partial charge in [-0.3, -0.25) is 9.36 Å². The zero-order valence-corrected chi connectivity index (χ0v) is 13.4. The quantitative estimate of drug-likeness (QED) is 0.861. The van der Waals surface area contributed by atoms with Gasteiger partial charge >= 0.3 is 5.69 Å². The number of carbonyl (C=O) groups is 1. The molecule has 1 aromatic heterocycles. The van der Waals surface area contributed by atoms with Gasteiger partial charge in [0.2, 0.25) is 12.1 Å². The number of rotatable bonds is 5. The Balaban J connectivity index is 1.54. The first-order chi connectivity index (χ1) is 11.6. The summed E-state index contributed by atoms with van der Waals surface area (Å²) in [5.74, 6) is -0.0786. The lowest BCUT2D eigenvalue weighted by Crippen LogP contribution is -2.28. The average Bonchev–Trinajstić information content (AvgIpc) is 3.02. The number of amides is 1. The van der Waals surface area contributed by atoms with Crippen molar-refractivity contribution in [2.45, 2.75) is 45.1 Å². The van der Waals surface area contributed by atoms with Crippen LogP contribution in [0.1, 0.15) is 38.8 Å². The van der Waals surface area contributed by atoms with Gasteiger partial charge in [-0.25, -0.2) is 4.79 Å². The van der Waals surface area contributed by atoms with Crippen molar-refractivity contribution in [1.29, 1.82) is 0 Å². The maximum Gasteiger partial charge on any atom is 0.352 e. The van der Waals surface area contributed by atoms with Crippen molar-refractivity contribution in [3.05, 3.63) is 22.7 Å². The van der Waals surface area contributed by atoms with Crippen molar-refractivity contribution in [2.75, 3.05) is 18.5 Å². The second-order valence-electron chi connectivity index (χ2n) is 5.71. The minimum atomic E-state index is -0.553. The van der Waals surface area contributed by atoms with Gasteiger partial charge in [0.15, 0.2) is 6.29 Å². The predicted molar refractivity (Wildman–Crippen MR) is 84.5 cm³/mol. The number of hydrogen-bond acceptors (Lipinski definition) is 7. The summed E-state index contributed by atoms with van der Waals surface area (Å²) in [6.45, 7) is 2.38. The number of carbonyl (C=O) groups excluding carboxylic acids is 1. The predicted octanol–water partition coefficient (Wildman–Crippen LogP) is 1.02. The molecule has 2 aliphatic rings.